The van der Waals surface area contributed by atoms with Crippen molar-refractivity contribution in [3.8, 4) is 0 Å². The maximum absolute atomic E-state index is 12.4. The van der Waals surface area contributed by atoms with E-state index in [-0.39, 0.29) is 17.8 Å². The zero-order chi connectivity index (χ0) is 16.7. The molecular formula is C19H21NO3. The maximum Gasteiger partial charge on any atom is 0.337 e. The number of carbonyl (C=O) groups excluding carboxylic acids is 2. The molecule has 1 atom stereocenters. The van der Waals surface area contributed by atoms with Gasteiger partial charge < -0.3 is 10.1 Å². The highest BCUT2D eigenvalue weighted by atomic mass is 16.5. The van der Waals surface area contributed by atoms with Crippen LogP contribution in [0.25, 0.3) is 0 Å². The minimum atomic E-state index is -0.365. The predicted octanol–water partition coefficient (Wildman–Crippen LogP) is 3.28. The van der Waals surface area contributed by atoms with Crippen LogP contribution in [0.4, 0.5) is 0 Å². The van der Waals surface area contributed by atoms with Gasteiger partial charge in [0.25, 0.3) is 0 Å². The van der Waals surface area contributed by atoms with Crippen LogP contribution in [0, 0.1) is 0 Å². The van der Waals surface area contributed by atoms with Crippen molar-refractivity contribution in [3.05, 3.63) is 71.3 Å². The lowest BCUT2D eigenvalue weighted by molar-refractivity contribution is -0.122. The Balaban J connectivity index is 1.97. The van der Waals surface area contributed by atoms with Gasteiger partial charge in [0.2, 0.25) is 5.91 Å². The summed E-state index contributed by atoms with van der Waals surface area (Å²) in [5.41, 5.74) is 2.46. The molecule has 1 amide bonds. The van der Waals surface area contributed by atoms with Gasteiger partial charge >= 0.3 is 5.97 Å². The second-order valence-corrected chi connectivity index (χ2v) is 5.28. The molecule has 23 heavy (non-hydrogen) atoms. The Hall–Kier alpha value is -2.62. The topological polar surface area (TPSA) is 55.4 Å². The normalized spacial score (nSPS) is 11.6. The number of nitrogens with one attached hydrogen (secondary N) is 1. The van der Waals surface area contributed by atoms with Crippen molar-refractivity contribution in [1.82, 2.24) is 5.32 Å². The highest BCUT2D eigenvalue weighted by Gasteiger charge is 2.17. The van der Waals surface area contributed by atoms with E-state index in [9.17, 15) is 9.59 Å². The van der Waals surface area contributed by atoms with Gasteiger partial charge in [-0.1, -0.05) is 49.4 Å². The fraction of sp³-hybridized carbons (Fsp3) is 0.263. The van der Waals surface area contributed by atoms with E-state index >= 15 is 0 Å². The zero-order valence-electron chi connectivity index (χ0n) is 13.4. The summed E-state index contributed by atoms with van der Waals surface area (Å²) < 4.78 is 4.66. The van der Waals surface area contributed by atoms with E-state index in [0.717, 1.165) is 17.5 Å². The molecule has 2 aromatic rings. The van der Waals surface area contributed by atoms with Crippen LogP contribution in [-0.4, -0.2) is 19.0 Å². The number of esters is 1. The van der Waals surface area contributed by atoms with E-state index in [4.69, 9.17) is 0 Å². The van der Waals surface area contributed by atoms with Gasteiger partial charge in [0, 0.05) is 6.54 Å². The van der Waals surface area contributed by atoms with Crippen LogP contribution in [-0.2, 0) is 16.1 Å². The summed E-state index contributed by atoms with van der Waals surface area (Å²) in [5.74, 6) is -0.503. The molecule has 0 heterocycles. The molecule has 1 N–H and O–H groups in total. The van der Waals surface area contributed by atoms with Crippen molar-refractivity contribution in [2.24, 2.45) is 0 Å². The zero-order valence-corrected chi connectivity index (χ0v) is 13.4. The molecule has 0 unspecified atom stereocenters. The smallest absolute Gasteiger partial charge is 0.337 e. The van der Waals surface area contributed by atoms with Gasteiger partial charge in [0.1, 0.15) is 0 Å². The van der Waals surface area contributed by atoms with Crippen molar-refractivity contribution < 1.29 is 14.3 Å². The fourth-order valence-corrected chi connectivity index (χ4v) is 2.45. The van der Waals surface area contributed by atoms with Crippen molar-refractivity contribution in [2.45, 2.75) is 25.8 Å². The van der Waals surface area contributed by atoms with E-state index in [1.54, 1.807) is 12.1 Å². The Morgan fingerprint density at radius 2 is 1.70 bits per heavy atom. The molecule has 0 saturated carbocycles. The van der Waals surface area contributed by atoms with Crippen LogP contribution in [0.1, 0.15) is 40.7 Å². The summed E-state index contributed by atoms with van der Waals surface area (Å²) in [4.78, 5) is 23.8. The Kier molecular flexibility index (Phi) is 5.92. The van der Waals surface area contributed by atoms with E-state index in [1.165, 1.54) is 7.11 Å². The predicted molar refractivity (Wildman–Crippen MR) is 89.1 cm³/mol. The summed E-state index contributed by atoms with van der Waals surface area (Å²) in [6.45, 7) is 2.44. The average Bonchev–Trinajstić information content (AvgIpc) is 2.61. The number of carbonyl (C=O) groups is 2. The molecule has 0 aliphatic carbocycles. The number of rotatable bonds is 6. The summed E-state index contributed by atoms with van der Waals surface area (Å²) >= 11 is 0. The third-order valence-corrected chi connectivity index (χ3v) is 3.77. The lowest BCUT2D eigenvalue weighted by atomic mass is 9.95. The molecule has 0 fully saturated rings. The highest BCUT2D eigenvalue weighted by molar-refractivity contribution is 5.89. The van der Waals surface area contributed by atoms with Gasteiger partial charge in [0.15, 0.2) is 0 Å². The molecule has 4 heteroatoms. The third-order valence-electron chi connectivity index (χ3n) is 3.77. The van der Waals surface area contributed by atoms with Gasteiger partial charge in [-0.2, -0.15) is 0 Å². The minimum absolute atomic E-state index is 0.00995. The van der Waals surface area contributed by atoms with Gasteiger partial charge in [-0.25, -0.2) is 4.79 Å². The number of benzene rings is 2. The second kappa shape index (κ2) is 8.13. The quantitative estimate of drug-likeness (QED) is 0.833. The number of hydrogen-bond donors (Lipinski definition) is 1. The Labute approximate surface area is 136 Å². The molecular weight excluding hydrogens is 290 g/mol. The van der Waals surface area contributed by atoms with Gasteiger partial charge in [0.05, 0.1) is 18.6 Å². The Bertz CT molecular complexity index is 650. The monoisotopic (exact) mass is 311 g/mol. The Morgan fingerprint density at radius 3 is 2.26 bits per heavy atom. The van der Waals surface area contributed by atoms with Crippen molar-refractivity contribution in [1.29, 1.82) is 0 Å². The average molecular weight is 311 g/mol. The summed E-state index contributed by atoms with van der Waals surface area (Å²) in [6.07, 6.45) is 0.747. The Morgan fingerprint density at radius 1 is 1.04 bits per heavy atom. The van der Waals surface area contributed by atoms with Crippen LogP contribution < -0.4 is 5.32 Å². The molecule has 2 rings (SSSR count). The first kappa shape index (κ1) is 16.7. The molecule has 0 radical (unpaired) electrons. The second-order valence-electron chi connectivity index (χ2n) is 5.28. The minimum Gasteiger partial charge on any atom is -0.465 e. The van der Waals surface area contributed by atoms with Crippen LogP contribution in [0.3, 0.4) is 0 Å². The summed E-state index contributed by atoms with van der Waals surface area (Å²) in [6, 6.07) is 16.8. The lowest BCUT2D eigenvalue weighted by Crippen LogP contribution is -2.28. The third kappa shape index (κ3) is 4.42. The first-order valence-electron chi connectivity index (χ1n) is 7.65. The fourth-order valence-electron chi connectivity index (χ4n) is 2.45. The standard InChI is InChI=1S/C19H21NO3/c1-3-17(15-7-5-4-6-8-15)18(21)20-13-14-9-11-16(12-10-14)19(22)23-2/h4-12,17H,3,13H2,1-2H3,(H,20,21)/t17-/m1/s1. The maximum atomic E-state index is 12.4. The van der Waals surface area contributed by atoms with Crippen molar-refractivity contribution in [3.63, 3.8) is 0 Å². The lowest BCUT2D eigenvalue weighted by Gasteiger charge is -2.15. The van der Waals surface area contributed by atoms with E-state index < -0.39 is 0 Å². The van der Waals surface area contributed by atoms with Crippen molar-refractivity contribution in [2.75, 3.05) is 7.11 Å². The first-order chi connectivity index (χ1) is 11.2. The molecule has 120 valence electrons. The van der Waals surface area contributed by atoms with E-state index in [1.807, 2.05) is 49.4 Å². The van der Waals surface area contributed by atoms with Crippen molar-refractivity contribution >= 4 is 11.9 Å². The molecule has 0 aliphatic heterocycles. The molecule has 0 saturated heterocycles. The van der Waals surface area contributed by atoms with Crippen LogP contribution in [0.15, 0.2) is 54.6 Å². The number of ether oxygens (including phenoxy) is 1. The highest BCUT2D eigenvalue weighted by Crippen LogP contribution is 2.19. The van der Waals surface area contributed by atoms with Crippen LogP contribution in [0.2, 0.25) is 0 Å². The molecule has 0 bridgehead atoms. The van der Waals surface area contributed by atoms with Gasteiger partial charge in [-0.05, 0) is 29.7 Å². The summed E-state index contributed by atoms with van der Waals surface area (Å²) in [5, 5.41) is 2.96. The SMILES string of the molecule is CC[C@@H](C(=O)NCc1ccc(C(=O)OC)cc1)c1ccccc1. The van der Waals surface area contributed by atoms with Gasteiger partial charge in [-0.3, -0.25) is 4.79 Å². The molecule has 0 aliphatic rings. The van der Waals surface area contributed by atoms with Gasteiger partial charge in [-0.15, -0.1) is 0 Å². The van der Waals surface area contributed by atoms with Crippen LogP contribution >= 0.6 is 0 Å². The summed E-state index contributed by atoms with van der Waals surface area (Å²) in [7, 11) is 1.35. The molecule has 2 aromatic carbocycles. The first-order valence-corrected chi connectivity index (χ1v) is 7.65. The van der Waals surface area contributed by atoms with Crippen LogP contribution in [0.5, 0.6) is 0 Å². The molecule has 0 spiro atoms. The number of amides is 1. The largest absolute Gasteiger partial charge is 0.465 e. The number of methoxy groups -OCH3 is 1. The van der Waals surface area contributed by atoms with E-state index in [2.05, 4.69) is 10.1 Å². The molecule has 4 nitrogen and oxygen atoms in total. The number of hydrogen-bond acceptors (Lipinski definition) is 3. The molecule has 0 aromatic heterocycles. The van der Waals surface area contributed by atoms with E-state index in [0.29, 0.717) is 12.1 Å².